The number of nitrogens with one attached hydrogen (secondary N) is 1. The first-order chi connectivity index (χ1) is 15.6. The average Bonchev–Trinajstić information content (AvgIpc) is 3.13. The highest BCUT2D eigenvalue weighted by atomic mass is 32.2. The van der Waals surface area contributed by atoms with E-state index in [-0.39, 0.29) is 28.7 Å². The van der Waals surface area contributed by atoms with Crippen LogP contribution in [0, 0.1) is 13.8 Å². The number of carbonyl (C=O) groups excluding carboxylic acids is 1. The van der Waals surface area contributed by atoms with Gasteiger partial charge in [0.15, 0.2) is 9.84 Å². The van der Waals surface area contributed by atoms with Crippen LogP contribution >= 0.6 is 0 Å². The van der Waals surface area contributed by atoms with E-state index in [0.717, 1.165) is 13.1 Å². The average molecular weight is 492 g/mol. The second-order valence-corrected chi connectivity index (χ2v) is 12.7. The number of anilines is 1. The molecule has 33 heavy (non-hydrogen) atoms. The fourth-order valence-corrected chi connectivity index (χ4v) is 7.41. The zero-order valence-corrected chi connectivity index (χ0v) is 20.5. The number of nitrogens with zero attached hydrogens (tertiary/aromatic N) is 2. The van der Waals surface area contributed by atoms with Gasteiger partial charge in [-0.3, -0.25) is 4.79 Å². The van der Waals surface area contributed by atoms with E-state index in [1.54, 1.807) is 4.90 Å². The van der Waals surface area contributed by atoms with Crippen molar-refractivity contribution in [3.63, 3.8) is 0 Å². The molecule has 178 valence electrons. The summed E-state index contributed by atoms with van der Waals surface area (Å²) >= 11 is 0. The lowest BCUT2D eigenvalue weighted by Gasteiger charge is -2.37. The number of aryl methyl sites for hydroxylation is 1. The molecule has 2 aromatic carbocycles. The lowest BCUT2D eigenvalue weighted by molar-refractivity contribution is 0.0746. The molecule has 2 saturated heterocycles. The molecule has 1 atom stereocenters. The lowest BCUT2D eigenvalue weighted by atomic mass is 10.1. The first-order valence-electron chi connectivity index (χ1n) is 11.0. The quantitative estimate of drug-likeness (QED) is 0.683. The summed E-state index contributed by atoms with van der Waals surface area (Å²) in [6.07, 6.45) is 0.270. The number of piperazine rings is 1. The molecule has 0 radical (unpaired) electrons. The van der Waals surface area contributed by atoms with Gasteiger partial charge in [0.2, 0.25) is 10.0 Å². The molecular weight excluding hydrogens is 462 g/mol. The van der Waals surface area contributed by atoms with Crippen LogP contribution in [-0.2, 0) is 19.9 Å². The van der Waals surface area contributed by atoms with Crippen molar-refractivity contribution in [3.05, 3.63) is 59.2 Å². The zero-order valence-electron chi connectivity index (χ0n) is 18.8. The molecule has 2 fully saturated rings. The van der Waals surface area contributed by atoms with Gasteiger partial charge in [-0.2, -0.15) is 0 Å². The Labute approximate surface area is 195 Å². The zero-order chi connectivity index (χ0) is 23.8. The number of hydrogen-bond donors (Lipinski definition) is 1. The summed E-state index contributed by atoms with van der Waals surface area (Å²) < 4.78 is 50.8. The highest BCUT2D eigenvalue weighted by Crippen LogP contribution is 2.24. The van der Waals surface area contributed by atoms with Crippen molar-refractivity contribution < 1.29 is 21.6 Å². The predicted octanol–water partition coefficient (Wildman–Crippen LogP) is 1.73. The topological polar surface area (TPSA) is 104 Å². The Hall–Kier alpha value is -2.43. The minimum atomic E-state index is -3.85. The van der Waals surface area contributed by atoms with Gasteiger partial charge in [-0.25, -0.2) is 21.6 Å². The molecule has 0 aliphatic carbocycles. The summed E-state index contributed by atoms with van der Waals surface area (Å²) in [6, 6.07) is 11.4. The van der Waals surface area contributed by atoms with Gasteiger partial charge in [-0.15, -0.1) is 0 Å². The van der Waals surface area contributed by atoms with Gasteiger partial charge in [0.05, 0.1) is 16.4 Å². The maximum Gasteiger partial charge on any atom is 0.253 e. The number of benzene rings is 2. The Morgan fingerprint density at radius 1 is 1.00 bits per heavy atom. The summed E-state index contributed by atoms with van der Waals surface area (Å²) in [5.41, 5.74) is 4.11. The van der Waals surface area contributed by atoms with E-state index in [9.17, 15) is 21.6 Å². The molecule has 8 nitrogen and oxygen atoms in total. The minimum Gasteiger partial charge on any atom is -0.368 e. The molecule has 0 spiro atoms. The normalized spacial score (nSPS) is 20.7. The smallest absolute Gasteiger partial charge is 0.253 e. The molecule has 4 rings (SSSR count). The number of sulfone groups is 1. The summed E-state index contributed by atoms with van der Waals surface area (Å²) in [5, 5.41) is 0. The standard InChI is InChI=1S/C23H29N3O5S2/c1-17-4-3-5-22(18(17)2)25-11-13-26(14-12-25)23(27)19-6-8-21(9-7-19)33(30,31)24-20-10-15-32(28,29)16-20/h3-9,20,24H,10-16H2,1-2H3/t20-/m0/s1. The van der Waals surface area contributed by atoms with Gasteiger partial charge in [-0.1, -0.05) is 12.1 Å². The lowest BCUT2D eigenvalue weighted by Crippen LogP contribution is -2.49. The Morgan fingerprint density at radius 3 is 2.27 bits per heavy atom. The molecule has 2 heterocycles. The first-order valence-corrected chi connectivity index (χ1v) is 14.3. The van der Waals surface area contributed by atoms with Crippen LogP contribution in [0.15, 0.2) is 47.4 Å². The van der Waals surface area contributed by atoms with E-state index in [1.165, 1.54) is 41.1 Å². The van der Waals surface area contributed by atoms with Gasteiger partial charge in [0.25, 0.3) is 5.91 Å². The summed E-state index contributed by atoms with van der Waals surface area (Å²) in [6.45, 7) is 6.84. The second kappa shape index (κ2) is 9.08. The van der Waals surface area contributed by atoms with Gasteiger partial charge in [0.1, 0.15) is 0 Å². The molecular formula is C23H29N3O5S2. The third-order valence-corrected chi connectivity index (χ3v) is 9.75. The van der Waals surface area contributed by atoms with Crippen molar-refractivity contribution in [2.75, 3.05) is 42.6 Å². The van der Waals surface area contributed by atoms with Crippen molar-refractivity contribution in [1.82, 2.24) is 9.62 Å². The highest BCUT2D eigenvalue weighted by Gasteiger charge is 2.31. The second-order valence-electron chi connectivity index (χ2n) is 8.74. The van der Waals surface area contributed by atoms with Crippen LogP contribution < -0.4 is 9.62 Å². The monoisotopic (exact) mass is 491 g/mol. The Balaban J connectivity index is 1.38. The van der Waals surface area contributed by atoms with Crippen LogP contribution in [0.5, 0.6) is 0 Å². The molecule has 2 aromatic rings. The van der Waals surface area contributed by atoms with Crippen LogP contribution in [0.4, 0.5) is 5.69 Å². The van der Waals surface area contributed by atoms with Gasteiger partial charge in [0, 0.05) is 43.5 Å². The maximum atomic E-state index is 13.0. The van der Waals surface area contributed by atoms with E-state index >= 15 is 0 Å². The molecule has 2 aliphatic heterocycles. The third-order valence-electron chi connectivity index (χ3n) is 6.45. The van der Waals surface area contributed by atoms with Crippen LogP contribution in [0.2, 0.25) is 0 Å². The molecule has 2 aliphatic rings. The molecule has 0 unspecified atom stereocenters. The highest BCUT2D eigenvalue weighted by molar-refractivity contribution is 7.92. The van der Waals surface area contributed by atoms with Crippen molar-refractivity contribution in [3.8, 4) is 0 Å². The third kappa shape index (κ3) is 5.23. The van der Waals surface area contributed by atoms with Gasteiger partial charge < -0.3 is 9.80 Å². The van der Waals surface area contributed by atoms with Crippen LogP contribution in [0.3, 0.4) is 0 Å². The number of amides is 1. The first kappa shape index (κ1) is 23.7. The van der Waals surface area contributed by atoms with E-state index in [0.29, 0.717) is 18.7 Å². The van der Waals surface area contributed by atoms with Crippen molar-refractivity contribution >= 4 is 31.5 Å². The van der Waals surface area contributed by atoms with Crippen molar-refractivity contribution in [2.45, 2.75) is 31.2 Å². The Morgan fingerprint density at radius 2 is 1.67 bits per heavy atom. The summed E-state index contributed by atoms with van der Waals surface area (Å²) in [4.78, 5) is 17.0. The summed E-state index contributed by atoms with van der Waals surface area (Å²) in [7, 11) is -7.04. The number of carbonyl (C=O) groups is 1. The fourth-order valence-electron chi connectivity index (χ4n) is 4.36. The van der Waals surface area contributed by atoms with Crippen LogP contribution in [0.1, 0.15) is 27.9 Å². The van der Waals surface area contributed by atoms with Crippen molar-refractivity contribution in [2.24, 2.45) is 0 Å². The minimum absolute atomic E-state index is 0.00959. The van der Waals surface area contributed by atoms with E-state index in [4.69, 9.17) is 0 Å². The SMILES string of the molecule is Cc1cccc(N2CCN(C(=O)c3ccc(S(=O)(=O)N[C@H]4CCS(=O)(=O)C4)cc3)CC2)c1C. The van der Waals surface area contributed by atoms with Crippen LogP contribution in [0.25, 0.3) is 0 Å². The number of rotatable bonds is 5. The maximum absolute atomic E-state index is 13.0. The number of sulfonamides is 1. The predicted molar refractivity (Wildman–Crippen MR) is 128 cm³/mol. The molecule has 0 bridgehead atoms. The van der Waals surface area contributed by atoms with Crippen LogP contribution in [-0.4, -0.2) is 71.4 Å². The summed E-state index contributed by atoms with van der Waals surface area (Å²) in [5.74, 6) is -0.323. The van der Waals surface area contributed by atoms with E-state index in [2.05, 4.69) is 35.6 Å². The molecule has 1 amide bonds. The molecule has 0 saturated carbocycles. The van der Waals surface area contributed by atoms with Crippen molar-refractivity contribution in [1.29, 1.82) is 0 Å². The Kier molecular flexibility index (Phi) is 6.52. The fraction of sp³-hybridized carbons (Fsp3) is 0.435. The molecule has 10 heteroatoms. The largest absolute Gasteiger partial charge is 0.368 e. The molecule has 1 N–H and O–H groups in total. The van der Waals surface area contributed by atoms with E-state index < -0.39 is 25.9 Å². The Bertz CT molecular complexity index is 1250. The van der Waals surface area contributed by atoms with Gasteiger partial charge >= 0.3 is 0 Å². The number of hydrogen-bond acceptors (Lipinski definition) is 6. The van der Waals surface area contributed by atoms with Gasteiger partial charge in [-0.05, 0) is 61.7 Å². The van der Waals surface area contributed by atoms with E-state index in [1.807, 2.05) is 6.07 Å². The molecule has 0 aromatic heterocycles.